The molecule has 0 saturated carbocycles. The Morgan fingerprint density at radius 2 is 1.90 bits per heavy atom. The second kappa shape index (κ2) is 9.79. The number of ether oxygens (including phenoxy) is 2. The van der Waals surface area contributed by atoms with Gasteiger partial charge in [-0.2, -0.15) is 0 Å². The van der Waals surface area contributed by atoms with Crippen molar-refractivity contribution in [2.24, 2.45) is 5.92 Å². The number of carbonyl (C=O) groups is 1. The van der Waals surface area contributed by atoms with Gasteiger partial charge in [-0.3, -0.25) is 4.90 Å². The second-order valence-electron chi connectivity index (χ2n) is 8.33. The third-order valence-electron chi connectivity index (χ3n) is 6.25. The van der Waals surface area contributed by atoms with E-state index in [0.717, 1.165) is 52.0 Å². The minimum Gasteiger partial charge on any atom is -0.495 e. The smallest absolute Gasteiger partial charge is 0.321 e. The number of amides is 2. The lowest BCUT2D eigenvalue weighted by Crippen LogP contribution is -2.46. The highest BCUT2D eigenvalue weighted by molar-refractivity contribution is 6.32. The van der Waals surface area contributed by atoms with Crippen molar-refractivity contribution in [3.05, 3.63) is 52.5 Å². The van der Waals surface area contributed by atoms with Gasteiger partial charge in [-0.25, -0.2) is 4.79 Å². The minimum atomic E-state index is -0.117. The van der Waals surface area contributed by atoms with Crippen LogP contribution < -0.4 is 14.8 Å². The lowest BCUT2D eigenvalue weighted by atomic mass is 9.95. The zero-order valence-corrected chi connectivity index (χ0v) is 19.0. The summed E-state index contributed by atoms with van der Waals surface area (Å²) in [5.74, 6) is 1.51. The largest absolute Gasteiger partial charge is 0.495 e. The van der Waals surface area contributed by atoms with Gasteiger partial charge in [0.2, 0.25) is 0 Å². The van der Waals surface area contributed by atoms with Crippen LogP contribution in [0.25, 0.3) is 0 Å². The molecule has 2 aliphatic rings. The molecule has 2 amide bonds. The number of fused-ring (bicyclic) bond motifs is 1. The number of likely N-dealkylation sites (tertiary alicyclic amines) is 1. The van der Waals surface area contributed by atoms with Gasteiger partial charge >= 0.3 is 6.03 Å². The summed E-state index contributed by atoms with van der Waals surface area (Å²) in [5.41, 5.74) is 3.45. The van der Waals surface area contributed by atoms with Crippen LogP contribution in [0.2, 0.25) is 5.02 Å². The van der Waals surface area contributed by atoms with Crippen LogP contribution >= 0.6 is 11.6 Å². The van der Waals surface area contributed by atoms with Crippen LogP contribution in [0.4, 0.5) is 10.5 Å². The van der Waals surface area contributed by atoms with Gasteiger partial charge in [-0.1, -0.05) is 35.9 Å². The molecule has 1 saturated heterocycles. The lowest BCUT2D eigenvalue weighted by Gasteiger charge is -2.37. The molecule has 7 heteroatoms. The first-order chi connectivity index (χ1) is 15.1. The van der Waals surface area contributed by atoms with Crippen molar-refractivity contribution in [1.29, 1.82) is 0 Å². The van der Waals surface area contributed by atoms with Gasteiger partial charge in [-0.05, 0) is 42.4 Å². The zero-order chi connectivity index (χ0) is 21.8. The van der Waals surface area contributed by atoms with Gasteiger partial charge in [0.25, 0.3) is 0 Å². The highest BCUT2D eigenvalue weighted by atomic mass is 35.5. The van der Waals surface area contributed by atoms with Crippen LogP contribution in [-0.2, 0) is 13.0 Å². The van der Waals surface area contributed by atoms with Gasteiger partial charge in [0.05, 0.1) is 24.9 Å². The van der Waals surface area contributed by atoms with E-state index in [1.165, 1.54) is 11.1 Å². The number of anilines is 1. The van der Waals surface area contributed by atoms with Crippen molar-refractivity contribution >= 4 is 23.3 Å². The fourth-order valence-corrected chi connectivity index (χ4v) is 4.87. The predicted octanol–water partition coefficient (Wildman–Crippen LogP) is 4.66. The molecule has 1 fully saturated rings. The Bertz CT molecular complexity index is 936. The number of piperidine rings is 1. The maximum absolute atomic E-state index is 13.0. The molecule has 2 aromatic carbocycles. The summed E-state index contributed by atoms with van der Waals surface area (Å²) in [6.45, 7) is 4.63. The van der Waals surface area contributed by atoms with E-state index in [9.17, 15) is 4.79 Å². The molecule has 0 aliphatic carbocycles. The SMILES string of the molecule is COc1cc(OC)c(NC(=O)N2CCCC(CN3CCc4ccccc4C3)C2)cc1Cl. The highest BCUT2D eigenvalue weighted by Gasteiger charge is 2.27. The number of halogens is 1. The molecule has 6 nitrogen and oxygen atoms in total. The Hall–Kier alpha value is -2.44. The van der Waals surface area contributed by atoms with Crippen molar-refractivity contribution in [2.45, 2.75) is 25.8 Å². The Morgan fingerprint density at radius 1 is 1.13 bits per heavy atom. The zero-order valence-electron chi connectivity index (χ0n) is 18.2. The number of nitrogens with one attached hydrogen (secondary N) is 1. The Labute approximate surface area is 189 Å². The average Bonchev–Trinajstić information content (AvgIpc) is 2.79. The molecule has 31 heavy (non-hydrogen) atoms. The number of hydrogen-bond donors (Lipinski definition) is 1. The monoisotopic (exact) mass is 443 g/mol. The number of rotatable bonds is 5. The van der Waals surface area contributed by atoms with Crippen molar-refractivity contribution < 1.29 is 14.3 Å². The minimum absolute atomic E-state index is 0.117. The number of carbonyl (C=O) groups excluding carboxylic acids is 1. The molecule has 2 aromatic rings. The van der Waals surface area contributed by atoms with Gasteiger partial charge in [0, 0.05) is 38.8 Å². The van der Waals surface area contributed by atoms with Crippen molar-refractivity contribution in [3.63, 3.8) is 0 Å². The summed E-state index contributed by atoms with van der Waals surface area (Å²) in [4.78, 5) is 17.4. The van der Waals surface area contributed by atoms with Crippen LogP contribution in [0.3, 0.4) is 0 Å². The predicted molar refractivity (Wildman–Crippen MR) is 123 cm³/mol. The highest BCUT2D eigenvalue weighted by Crippen LogP contribution is 2.36. The molecule has 1 N–H and O–H groups in total. The van der Waals surface area contributed by atoms with E-state index in [2.05, 4.69) is 34.5 Å². The third kappa shape index (κ3) is 5.08. The van der Waals surface area contributed by atoms with E-state index in [1.54, 1.807) is 26.4 Å². The molecule has 4 rings (SSSR count). The Kier molecular flexibility index (Phi) is 6.88. The maximum Gasteiger partial charge on any atom is 0.321 e. The molecule has 1 atom stereocenters. The van der Waals surface area contributed by atoms with E-state index in [0.29, 0.717) is 28.1 Å². The number of methoxy groups -OCH3 is 2. The van der Waals surface area contributed by atoms with Crippen molar-refractivity contribution in [1.82, 2.24) is 9.80 Å². The van der Waals surface area contributed by atoms with Crippen LogP contribution in [0.15, 0.2) is 36.4 Å². The van der Waals surface area contributed by atoms with Gasteiger partial charge in [-0.15, -0.1) is 0 Å². The third-order valence-corrected chi connectivity index (χ3v) is 6.54. The van der Waals surface area contributed by atoms with Gasteiger partial charge < -0.3 is 19.7 Å². The summed E-state index contributed by atoms with van der Waals surface area (Å²) in [6.07, 6.45) is 3.27. The second-order valence-corrected chi connectivity index (χ2v) is 8.73. The standard InChI is InChI=1S/C24H30ClN3O3/c1-30-22-13-23(31-2)21(12-20(22)25)26-24(29)28-10-5-6-17(15-28)14-27-11-9-18-7-3-4-8-19(18)16-27/h3-4,7-8,12-13,17H,5-6,9-11,14-16H2,1-2H3,(H,26,29). The first-order valence-corrected chi connectivity index (χ1v) is 11.2. The van der Waals surface area contributed by atoms with E-state index < -0.39 is 0 Å². The summed E-state index contributed by atoms with van der Waals surface area (Å²) in [7, 11) is 3.11. The number of nitrogens with zero attached hydrogens (tertiary/aromatic N) is 2. The topological polar surface area (TPSA) is 54.0 Å². The molecule has 0 radical (unpaired) electrons. The van der Waals surface area contributed by atoms with Crippen molar-refractivity contribution in [2.75, 3.05) is 45.7 Å². The summed E-state index contributed by atoms with van der Waals surface area (Å²) in [5, 5.41) is 3.40. The molecule has 2 aliphatic heterocycles. The first-order valence-electron chi connectivity index (χ1n) is 10.8. The molecular weight excluding hydrogens is 414 g/mol. The fourth-order valence-electron chi connectivity index (χ4n) is 4.63. The van der Waals surface area contributed by atoms with E-state index in [4.69, 9.17) is 21.1 Å². The average molecular weight is 444 g/mol. The van der Waals surface area contributed by atoms with Crippen molar-refractivity contribution in [3.8, 4) is 11.5 Å². The van der Waals surface area contributed by atoms with Crippen LogP contribution in [0.5, 0.6) is 11.5 Å². The van der Waals surface area contributed by atoms with Crippen LogP contribution in [0, 0.1) is 5.92 Å². The molecule has 0 aromatic heterocycles. The summed E-state index contributed by atoms with van der Waals surface area (Å²) >= 11 is 6.24. The summed E-state index contributed by atoms with van der Waals surface area (Å²) in [6, 6.07) is 11.9. The first kappa shape index (κ1) is 21.8. The Balaban J connectivity index is 1.36. The quantitative estimate of drug-likeness (QED) is 0.730. The molecule has 0 bridgehead atoms. The molecule has 166 valence electrons. The normalized spacial score (nSPS) is 18.9. The van der Waals surface area contributed by atoms with Gasteiger partial charge in [0.1, 0.15) is 11.5 Å². The fraction of sp³-hybridized carbons (Fsp3) is 0.458. The molecule has 0 spiro atoms. The summed E-state index contributed by atoms with van der Waals surface area (Å²) < 4.78 is 10.6. The molecular formula is C24H30ClN3O3. The maximum atomic E-state index is 13.0. The van der Waals surface area contributed by atoms with E-state index in [-0.39, 0.29) is 6.03 Å². The number of hydrogen-bond acceptors (Lipinski definition) is 4. The van der Waals surface area contributed by atoms with Crippen LogP contribution in [-0.4, -0.2) is 56.2 Å². The molecule has 1 unspecified atom stereocenters. The lowest BCUT2D eigenvalue weighted by molar-refractivity contribution is 0.140. The van der Waals surface area contributed by atoms with Crippen LogP contribution in [0.1, 0.15) is 24.0 Å². The molecule has 2 heterocycles. The number of urea groups is 1. The van der Waals surface area contributed by atoms with E-state index in [1.807, 2.05) is 4.90 Å². The van der Waals surface area contributed by atoms with Gasteiger partial charge in [0.15, 0.2) is 0 Å². The Morgan fingerprint density at radius 3 is 2.68 bits per heavy atom. The number of benzene rings is 2. The van der Waals surface area contributed by atoms with E-state index >= 15 is 0 Å².